The van der Waals surface area contributed by atoms with Crippen molar-refractivity contribution in [1.29, 1.82) is 0 Å². The quantitative estimate of drug-likeness (QED) is 0.333. The number of benzene rings is 1. The maximum atomic E-state index is 12.6. The SMILES string of the molecule is C=CCN1C(=O)C(=Cc2cc(Cl)c(OCC)c(OCC)c2)C(=O)NC1=S. The van der Waals surface area contributed by atoms with E-state index in [2.05, 4.69) is 11.9 Å². The number of amides is 2. The molecule has 0 unspecified atom stereocenters. The first-order valence-corrected chi connectivity index (χ1v) is 8.80. The summed E-state index contributed by atoms with van der Waals surface area (Å²) >= 11 is 11.3. The lowest BCUT2D eigenvalue weighted by molar-refractivity contribution is -0.128. The Hall–Kier alpha value is -2.38. The van der Waals surface area contributed by atoms with Crippen LogP contribution in [0.1, 0.15) is 19.4 Å². The molecule has 0 bridgehead atoms. The number of hydrogen-bond acceptors (Lipinski definition) is 5. The molecule has 8 heteroatoms. The van der Waals surface area contributed by atoms with Crippen LogP contribution in [0.3, 0.4) is 0 Å². The van der Waals surface area contributed by atoms with Gasteiger partial charge < -0.3 is 9.47 Å². The zero-order chi connectivity index (χ0) is 19.3. The van der Waals surface area contributed by atoms with Crippen LogP contribution >= 0.6 is 23.8 Å². The van der Waals surface area contributed by atoms with Gasteiger partial charge in [0.15, 0.2) is 16.6 Å². The Balaban J connectivity index is 2.46. The van der Waals surface area contributed by atoms with E-state index in [1.165, 1.54) is 17.1 Å². The Bertz CT molecular complexity index is 792. The van der Waals surface area contributed by atoms with Gasteiger partial charge in [0.1, 0.15) is 5.57 Å². The van der Waals surface area contributed by atoms with Gasteiger partial charge in [-0.2, -0.15) is 0 Å². The summed E-state index contributed by atoms with van der Waals surface area (Å²) in [5.74, 6) is -0.201. The highest BCUT2D eigenvalue weighted by Gasteiger charge is 2.32. The van der Waals surface area contributed by atoms with Gasteiger partial charge in [0.05, 0.1) is 18.2 Å². The molecule has 2 rings (SSSR count). The molecular weight excluding hydrogens is 376 g/mol. The first kappa shape index (κ1) is 19.9. The van der Waals surface area contributed by atoms with Crippen LogP contribution in [0.25, 0.3) is 6.08 Å². The smallest absolute Gasteiger partial charge is 0.265 e. The number of halogens is 1. The lowest BCUT2D eigenvalue weighted by Gasteiger charge is -2.27. The summed E-state index contributed by atoms with van der Waals surface area (Å²) < 4.78 is 11.1. The second-order valence-corrected chi connectivity index (χ2v) is 6.01. The van der Waals surface area contributed by atoms with Crippen molar-refractivity contribution >= 4 is 46.8 Å². The minimum Gasteiger partial charge on any atom is -0.490 e. The maximum Gasteiger partial charge on any atom is 0.265 e. The fourth-order valence-electron chi connectivity index (χ4n) is 2.37. The topological polar surface area (TPSA) is 67.9 Å². The van der Waals surface area contributed by atoms with E-state index in [-0.39, 0.29) is 17.2 Å². The van der Waals surface area contributed by atoms with Crippen molar-refractivity contribution in [3.05, 3.63) is 40.9 Å². The number of nitrogens with one attached hydrogen (secondary N) is 1. The van der Waals surface area contributed by atoms with E-state index in [0.717, 1.165) is 0 Å². The Labute approximate surface area is 162 Å². The average molecular weight is 395 g/mol. The molecule has 1 saturated heterocycles. The summed E-state index contributed by atoms with van der Waals surface area (Å²) in [6, 6.07) is 3.27. The molecule has 0 atom stereocenters. The molecule has 26 heavy (non-hydrogen) atoms. The highest BCUT2D eigenvalue weighted by molar-refractivity contribution is 7.80. The lowest BCUT2D eigenvalue weighted by atomic mass is 10.1. The van der Waals surface area contributed by atoms with E-state index in [9.17, 15) is 9.59 Å². The number of hydrogen-bond donors (Lipinski definition) is 1. The molecule has 1 N–H and O–H groups in total. The minimum absolute atomic E-state index is 0.0526. The van der Waals surface area contributed by atoms with Gasteiger partial charge in [0.25, 0.3) is 11.8 Å². The van der Waals surface area contributed by atoms with Gasteiger partial charge in [-0.1, -0.05) is 17.7 Å². The molecule has 1 aliphatic heterocycles. The molecule has 138 valence electrons. The van der Waals surface area contributed by atoms with Crippen molar-refractivity contribution in [2.45, 2.75) is 13.8 Å². The van der Waals surface area contributed by atoms with Crippen molar-refractivity contribution in [1.82, 2.24) is 10.2 Å². The molecule has 0 spiro atoms. The van der Waals surface area contributed by atoms with E-state index in [1.807, 2.05) is 13.8 Å². The van der Waals surface area contributed by atoms with Crippen LogP contribution in [0.4, 0.5) is 0 Å². The van der Waals surface area contributed by atoms with Crippen LogP contribution in [0.5, 0.6) is 11.5 Å². The predicted molar refractivity (Wildman–Crippen MR) is 104 cm³/mol. The molecule has 0 radical (unpaired) electrons. The van der Waals surface area contributed by atoms with Gasteiger partial charge in [-0.05, 0) is 49.8 Å². The van der Waals surface area contributed by atoms with Gasteiger partial charge >= 0.3 is 0 Å². The molecule has 0 aliphatic carbocycles. The summed E-state index contributed by atoms with van der Waals surface area (Å²) in [6.45, 7) is 8.30. The molecule has 6 nitrogen and oxygen atoms in total. The van der Waals surface area contributed by atoms with Gasteiger partial charge in [0, 0.05) is 6.54 Å². The van der Waals surface area contributed by atoms with E-state index in [1.54, 1.807) is 12.1 Å². The molecule has 1 aliphatic rings. The van der Waals surface area contributed by atoms with Crippen LogP contribution < -0.4 is 14.8 Å². The van der Waals surface area contributed by atoms with Crippen LogP contribution in [-0.4, -0.2) is 41.6 Å². The number of carbonyl (C=O) groups is 2. The zero-order valence-corrected chi connectivity index (χ0v) is 16.1. The predicted octanol–water partition coefficient (Wildman–Crippen LogP) is 2.95. The highest BCUT2D eigenvalue weighted by Crippen LogP contribution is 2.37. The van der Waals surface area contributed by atoms with Crippen molar-refractivity contribution in [2.24, 2.45) is 0 Å². The zero-order valence-electron chi connectivity index (χ0n) is 14.5. The summed E-state index contributed by atoms with van der Waals surface area (Å²) in [6.07, 6.45) is 2.97. The van der Waals surface area contributed by atoms with Gasteiger partial charge in [-0.3, -0.25) is 19.8 Å². The number of nitrogens with zero attached hydrogens (tertiary/aromatic N) is 1. The molecule has 1 aromatic carbocycles. The fraction of sp³-hybridized carbons (Fsp3) is 0.278. The van der Waals surface area contributed by atoms with Crippen molar-refractivity contribution < 1.29 is 19.1 Å². The Morgan fingerprint density at radius 1 is 1.27 bits per heavy atom. The summed E-state index contributed by atoms with van der Waals surface area (Å²) in [5, 5.41) is 2.87. The molecule has 2 amide bonds. The van der Waals surface area contributed by atoms with Crippen LogP contribution in [0.2, 0.25) is 5.02 Å². The van der Waals surface area contributed by atoms with E-state index in [4.69, 9.17) is 33.3 Å². The first-order chi connectivity index (χ1) is 12.4. The standard InChI is InChI=1S/C18H19ClN2O4S/c1-4-7-21-17(23)12(16(22)20-18(21)26)8-11-9-13(19)15(25-6-3)14(10-11)24-5-2/h4,8-10H,1,5-7H2,2-3H3,(H,20,22,26). The molecule has 1 heterocycles. The number of thiocarbonyl (C=S) groups is 1. The summed E-state index contributed by atoms with van der Waals surface area (Å²) in [5.41, 5.74) is 0.481. The monoisotopic (exact) mass is 394 g/mol. The summed E-state index contributed by atoms with van der Waals surface area (Å²) in [4.78, 5) is 26.0. The minimum atomic E-state index is -0.566. The van der Waals surface area contributed by atoms with Gasteiger partial charge in [-0.15, -0.1) is 6.58 Å². The third-order valence-electron chi connectivity index (χ3n) is 3.43. The van der Waals surface area contributed by atoms with E-state index in [0.29, 0.717) is 35.3 Å². The van der Waals surface area contributed by atoms with Crippen LogP contribution in [0, 0.1) is 0 Å². The van der Waals surface area contributed by atoms with Gasteiger partial charge in [0.2, 0.25) is 0 Å². The normalized spacial score (nSPS) is 15.9. The maximum absolute atomic E-state index is 12.6. The Morgan fingerprint density at radius 2 is 1.96 bits per heavy atom. The first-order valence-electron chi connectivity index (χ1n) is 8.01. The molecule has 0 saturated carbocycles. The third kappa shape index (κ3) is 4.23. The lowest BCUT2D eigenvalue weighted by Crippen LogP contribution is -2.53. The third-order valence-corrected chi connectivity index (χ3v) is 4.03. The molecule has 0 aromatic heterocycles. The highest BCUT2D eigenvalue weighted by atomic mass is 35.5. The Kier molecular flexibility index (Phi) is 6.76. The van der Waals surface area contributed by atoms with Crippen molar-refractivity contribution in [3.8, 4) is 11.5 Å². The van der Waals surface area contributed by atoms with Gasteiger partial charge in [-0.25, -0.2) is 0 Å². The molecule has 1 aromatic rings. The number of rotatable bonds is 7. The Morgan fingerprint density at radius 3 is 2.58 bits per heavy atom. The van der Waals surface area contributed by atoms with Crippen LogP contribution in [0.15, 0.2) is 30.4 Å². The van der Waals surface area contributed by atoms with Crippen molar-refractivity contribution in [3.63, 3.8) is 0 Å². The van der Waals surface area contributed by atoms with Crippen molar-refractivity contribution in [2.75, 3.05) is 19.8 Å². The fourth-order valence-corrected chi connectivity index (χ4v) is 2.90. The second-order valence-electron chi connectivity index (χ2n) is 5.22. The number of carbonyl (C=O) groups excluding carboxylic acids is 2. The summed E-state index contributed by atoms with van der Waals surface area (Å²) in [7, 11) is 0. The number of ether oxygens (including phenoxy) is 2. The van der Waals surface area contributed by atoms with Crippen LogP contribution in [-0.2, 0) is 9.59 Å². The largest absolute Gasteiger partial charge is 0.490 e. The second kappa shape index (κ2) is 8.82. The van der Waals surface area contributed by atoms with E-state index >= 15 is 0 Å². The average Bonchev–Trinajstić information content (AvgIpc) is 2.58. The van der Waals surface area contributed by atoms with E-state index < -0.39 is 11.8 Å². The molecule has 1 fully saturated rings. The molecular formula is C18H19ClN2O4S.